The molecule has 0 aliphatic heterocycles. The number of amides is 1. The lowest BCUT2D eigenvalue weighted by Gasteiger charge is -2.07. The quantitative estimate of drug-likeness (QED) is 0.806. The predicted octanol–water partition coefficient (Wildman–Crippen LogP) is 2.85. The Hall–Kier alpha value is -2.66. The molecule has 3 rings (SSSR count). The lowest BCUT2D eigenvalue weighted by Crippen LogP contribution is -2.22. The molecule has 0 aliphatic rings. The van der Waals surface area contributed by atoms with Gasteiger partial charge in [0, 0.05) is 17.1 Å². The van der Waals surface area contributed by atoms with Gasteiger partial charge < -0.3 is 5.32 Å². The second-order valence-corrected chi connectivity index (χ2v) is 5.07. The number of carbonyl (C=O) groups excluding carboxylic acids is 1. The van der Waals surface area contributed by atoms with Crippen LogP contribution >= 0.6 is 11.6 Å². The summed E-state index contributed by atoms with van der Waals surface area (Å²) in [5, 5.41) is 7.53. The van der Waals surface area contributed by atoms with Crippen molar-refractivity contribution in [2.24, 2.45) is 0 Å². The van der Waals surface area contributed by atoms with Crippen LogP contribution in [0.5, 0.6) is 0 Å². The average Bonchev–Trinajstić information content (AvgIpc) is 3.08. The van der Waals surface area contributed by atoms with E-state index in [4.69, 9.17) is 11.6 Å². The van der Waals surface area contributed by atoms with Crippen LogP contribution in [0, 0.1) is 0 Å². The molecule has 1 aromatic heterocycles. The highest BCUT2D eigenvalue weighted by atomic mass is 35.5. The summed E-state index contributed by atoms with van der Waals surface area (Å²) in [5.74, 6) is -0.148. The third-order valence-electron chi connectivity index (χ3n) is 3.21. The molecule has 0 fully saturated rings. The first-order valence-electron chi connectivity index (χ1n) is 6.71. The number of nitrogens with one attached hydrogen (secondary N) is 1. The van der Waals surface area contributed by atoms with E-state index in [9.17, 15) is 4.79 Å². The Bertz CT molecular complexity index is 769. The number of rotatable bonds is 4. The summed E-state index contributed by atoms with van der Waals surface area (Å²) in [4.78, 5) is 16.0. The highest BCUT2D eigenvalue weighted by Gasteiger charge is 2.07. The summed E-state index contributed by atoms with van der Waals surface area (Å²) in [6.45, 7) is 0.392. The molecule has 0 saturated heterocycles. The van der Waals surface area contributed by atoms with Gasteiger partial charge in [0.1, 0.15) is 12.7 Å². The van der Waals surface area contributed by atoms with E-state index in [1.165, 1.54) is 6.33 Å². The van der Waals surface area contributed by atoms with Crippen LogP contribution < -0.4 is 5.32 Å². The van der Waals surface area contributed by atoms with Crippen molar-refractivity contribution in [3.05, 3.63) is 77.3 Å². The van der Waals surface area contributed by atoms with Crippen LogP contribution in [0.2, 0.25) is 5.02 Å². The zero-order valence-corrected chi connectivity index (χ0v) is 12.4. The Morgan fingerprint density at radius 1 is 1.14 bits per heavy atom. The summed E-state index contributed by atoms with van der Waals surface area (Å²) in [7, 11) is 0. The molecule has 0 radical (unpaired) electrons. The molecular formula is C16H13ClN4O. The van der Waals surface area contributed by atoms with Crippen LogP contribution in [0.1, 0.15) is 15.9 Å². The van der Waals surface area contributed by atoms with Crippen molar-refractivity contribution in [3.63, 3.8) is 0 Å². The van der Waals surface area contributed by atoms with E-state index >= 15 is 0 Å². The van der Waals surface area contributed by atoms with Crippen molar-refractivity contribution in [2.45, 2.75) is 6.54 Å². The van der Waals surface area contributed by atoms with E-state index in [-0.39, 0.29) is 5.91 Å². The van der Waals surface area contributed by atoms with Crippen molar-refractivity contribution >= 4 is 17.5 Å². The minimum Gasteiger partial charge on any atom is -0.348 e. The maximum Gasteiger partial charge on any atom is 0.251 e. The molecule has 6 heteroatoms. The zero-order chi connectivity index (χ0) is 15.4. The Labute approximate surface area is 132 Å². The van der Waals surface area contributed by atoms with E-state index in [1.54, 1.807) is 29.2 Å². The van der Waals surface area contributed by atoms with E-state index < -0.39 is 0 Å². The second-order valence-electron chi connectivity index (χ2n) is 4.66. The average molecular weight is 313 g/mol. The highest BCUT2D eigenvalue weighted by molar-refractivity contribution is 6.31. The molecule has 1 heterocycles. The third-order valence-corrected chi connectivity index (χ3v) is 3.58. The van der Waals surface area contributed by atoms with Gasteiger partial charge in [0.15, 0.2) is 0 Å². The Kier molecular flexibility index (Phi) is 4.16. The largest absolute Gasteiger partial charge is 0.348 e. The molecular weight excluding hydrogens is 300 g/mol. The number of hydrogen-bond donors (Lipinski definition) is 1. The minimum absolute atomic E-state index is 0.148. The van der Waals surface area contributed by atoms with Crippen LogP contribution in [0.15, 0.2) is 61.2 Å². The molecule has 22 heavy (non-hydrogen) atoms. The second kappa shape index (κ2) is 6.41. The maximum atomic E-state index is 12.1. The standard InChI is InChI=1S/C16H13ClN4O/c17-15-4-2-1-3-13(15)9-19-16(22)12-5-7-14(8-6-12)21-11-18-10-20-21/h1-8,10-11H,9H2,(H,19,22). The normalized spacial score (nSPS) is 10.4. The molecule has 2 aromatic carbocycles. The molecule has 3 aromatic rings. The van der Waals surface area contributed by atoms with Gasteiger partial charge in [-0.3, -0.25) is 4.79 Å². The summed E-state index contributed by atoms with van der Waals surface area (Å²) < 4.78 is 1.63. The van der Waals surface area contributed by atoms with E-state index in [0.29, 0.717) is 17.1 Å². The van der Waals surface area contributed by atoms with Crippen molar-refractivity contribution in [3.8, 4) is 5.69 Å². The predicted molar refractivity (Wildman–Crippen MR) is 84.0 cm³/mol. The lowest BCUT2D eigenvalue weighted by atomic mass is 10.1. The van der Waals surface area contributed by atoms with Crippen LogP contribution in [0.25, 0.3) is 5.69 Å². The van der Waals surface area contributed by atoms with Gasteiger partial charge >= 0.3 is 0 Å². The Balaban J connectivity index is 1.67. The van der Waals surface area contributed by atoms with Crippen LogP contribution in [0.4, 0.5) is 0 Å². The number of benzene rings is 2. The number of hydrogen-bond acceptors (Lipinski definition) is 3. The molecule has 1 N–H and O–H groups in total. The summed E-state index contributed by atoms with van der Waals surface area (Å²) in [5.41, 5.74) is 2.31. The van der Waals surface area contributed by atoms with Gasteiger partial charge in [0.05, 0.1) is 5.69 Å². The van der Waals surface area contributed by atoms with Gasteiger partial charge in [-0.1, -0.05) is 29.8 Å². The Morgan fingerprint density at radius 2 is 1.91 bits per heavy atom. The van der Waals surface area contributed by atoms with E-state index in [2.05, 4.69) is 15.4 Å². The number of nitrogens with zero attached hydrogens (tertiary/aromatic N) is 3. The molecule has 0 saturated carbocycles. The van der Waals surface area contributed by atoms with Crippen molar-refractivity contribution in [1.29, 1.82) is 0 Å². The number of halogens is 1. The Morgan fingerprint density at radius 3 is 2.59 bits per heavy atom. The van der Waals surface area contributed by atoms with E-state index in [0.717, 1.165) is 11.3 Å². The molecule has 0 spiro atoms. The topological polar surface area (TPSA) is 59.8 Å². The SMILES string of the molecule is O=C(NCc1ccccc1Cl)c1ccc(-n2cncn2)cc1. The van der Waals surface area contributed by atoms with Crippen LogP contribution in [-0.4, -0.2) is 20.7 Å². The van der Waals surface area contributed by atoms with Gasteiger partial charge in [-0.15, -0.1) is 0 Å². The third kappa shape index (κ3) is 3.15. The minimum atomic E-state index is -0.148. The van der Waals surface area contributed by atoms with Crippen molar-refractivity contribution < 1.29 is 4.79 Å². The molecule has 0 bridgehead atoms. The molecule has 110 valence electrons. The summed E-state index contributed by atoms with van der Waals surface area (Å²) >= 11 is 6.06. The monoisotopic (exact) mass is 312 g/mol. The van der Waals surface area contributed by atoms with Crippen LogP contribution in [-0.2, 0) is 6.54 Å². The first-order chi connectivity index (χ1) is 10.7. The van der Waals surface area contributed by atoms with Gasteiger partial charge in [-0.05, 0) is 35.9 Å². The van der Waals surface area contributed by atoms with E-state index in [1.807, 2.05) is 30.3 Å². The fraction of sp³-hybridized carbons (Fsp3) is 0.0625. The van der Waals surface area contributed by atoms with Crippen molar-refractivity contribution in [2.75, 3.05) is 0 Å². The first-order valence-corrected chi connectivity index (χ1v) is 7.08. The van der Waals surface area contributed by atoms with Gasteiger partial charge in [-0.25, -0.2) is 9.67 Å². The smallest absolute Gasteiger partial charge is 0.251 e. The van der Waals surface area contributed by atoms with Crippen molar-refractivity contribution in [1.82, 2.24) is 20.1 Å². The van der Waals surface area contributed by atoms with Gasteiger partial charge in [-0.2, -0.15) is 5.10 Å². The summed E-state index contributed by atoms with van der Waals surface area (Å²) in [6, 6.07) is 14.6. The lowest BCUT2D eigenvalue weighted by molar-refractivity contribution is 0.0951. The van der Waals surface area contributed by atoms with Gasteiger partial charge in [0.2, 0.25) is 0 Å². The van der Waals surface area contributed by atoms with Gasteiger partial charge in [0.25, 0.3) is 5.91 Å². The molecule has 0 unspecified atom stereocenters. The highest BCUT2D eigenvalue weighted by Crippen LogP contribution is 2.14. The zero-order valence-electron chi connectivity index (χ0n) is 11.6. The summed E-state index contributed by atoms with van der Waals surface area (Å²) in [6.07, 6.45) is 3.07. The fourth-order valence-electron chi connectivity index (χ4n) is 2.03. The maximum absolute atomic E-state index is 12.1. The fourth-order valence-corrected chi connectivity index (χ4v) is 2.23. The first kappa shape index (κ1) is 14.3. The number of carbonyl (C=O) groups is 1. The molecule has 0 aliphatic carbocycles. The molecule has 0 atom stereocenters. The molecule has 5 nitrogen and oxygen atoms in total. The molecule has 1 amide bonds. The van der Waals surface area contributed by atoms with Crippen LogP contribution in [0.3, 0.4) is 0 Å². The number of aromatic nitrogens is 3.